The molecule has 0 fully saturated rings. The summed E-state index contributed by atoms with van der Waals surface area (Å²) in [5.74, 6) is 5.28. The molecule has 90 valence electrons. The molecule has 0 aliphatic carbocycles. The standard InChI is InChI=1S/C11H16FIN2O/c1-16-6-2-3-11(15-14)9-5-4-8(12)7-10(9)13/h4-5,7,11,15H,2-3,6,14H2,1H3. The number of halogens is 2. The van der Waals surface area contributed by atoms with Crippen LogP contribution in [0, 0.1) is 9.39 Å². The highest BCUT2D eigenvalue weighted by Crippen LogP contribution is 2.23. The van der Waals surface area contributed by atoms with Gasteiger partial charge in [0.15, 0.2) is 0 Å². The number of methoxy groups -OCH3 is 1. The molecular formula is C11H16FIN2O. The second kappa shape index (κ2) is 7.16. The normalized spacial score (nSPS) is 12.8. The van der Waals surface area contributed by atoms with E-state index in [0.717, 1.165) is 22.0 Å². The zero-order valence-electron chi connectivity index (χ0n) is 9.17. The Labute approximate surface area is 109 Å². The number of benzene rings is 1. The number of rotatable bonds is 6. The maximum absolute atomic E-state index is 12.9. The molecule has 0 amide bonds. The van der Waals surface area contributed by atoms with Crippen LogP contribution in [0.3, 0.4) is 0 Å². The summed E-state index contributed by atoms with van der Waals surface area (Å²) in [6.45, 7) is 0.704. The van der Waals surface area contributed by atoms with Crippen LogP contribution in [0.15, 0.2) is 18.2 Å². The van der Waals surface area contributed by atoms with Crippen LogP contribution in [-0.2, 0) is 4.74 Å². The molecule has 1 atom stereocenters. The average Bonchev–Trinajstić information content (AvgIpc) is 2.26. The molecule has 16 heavy (non-hydrogen) atoms. The summed E-state index contributed by atoms with van der Waals surface area (Å²) >= 11 is 2.12. The van der Waals surface area contributed by atoms with Crippen molar-refractivity contribution in [2.75, 3.05) is 13.7 Å². The fourth-order valence-corrected chi connectivity index (χ4v) is 2.40. The number of hydrogen-bond donors (Lipinski definition) is 2. The maximum Gasteiger partial charge on any atom is 0.124 e. The molecule has 3 nitrogen and oxygen atoms in total. The van der Waals surface area contributed by atoms with E-state index in [1.165, 1.54) is 12.1 Å². The van der Waals surface area contributed by atoms with Crippen LogP contribution in [0.1, 0.15) is 24.4 Å². The zero-order chi connectivity index (χ0) is 12.0. The maximum atomic E-state index is 12.9. The molecule has 5 heteroatoms. The summed E-state index contributed by atoms with van der Waals surface area (Å²) in [4.78, 5) is 0. The summed E-state index contributed by atoms with van der Waals surface area (Å²) in [5, 5.41) is 0. The number of nitrogens with one attached hydrogen (secondary N) is 1. The molecule has 0 heterocycles. The second-order valence-corrected chi connectivity index (χ2v) is 4.68. The van der Waals surface area contributed by atoms with Gasteiger partial charge >= 0.3 is 0 Å². The van der Waals surface area contributed by atoms with E-state index in [-0.39, 0.29) is 11.9 Å². The molecular weight excluding hydrogens is 322 g/mol. The highest BCUT2D eigenvalue weighted by molar-refractivity contribution is 14.1. The molecule has 1 aromatic carbocycles. The van der Waals surface area contributed by atoms with Gasteiger partial charge in [-0.15, -0.1) is 0 Å². The van der Waals surface area contributed by atoms with Crippen molar-refractivity contribution in [3.05, 3.63) is 33.1 Å². The first kappa shape index (κ1) is 13.8. The van der Waals surface area contributed by atoms with Gasteiger partial charge < -0.3 is 4.74 Å². The second-order valence-electron chi connectivity index (χ2n) is 3.52. The van der Waals surface area contributed by atoms with Gasteiger partial charge in [0.1, 0.15) is 5.82 Å². The molecule has 0 aliphatic heterocycles. The molecule has 0 saturated carbocycles. The first-order valence-corrected chi connectivity index (χ1v) is 6.17. The Morgan fingerprint density at radius 2 is 2.31 bits per heavy atom. The number of hydrazine groups is 1. The molecule has 1 rings (SSSR count). The summed E-state index contributed by atoms with van der Waals surface area (Å²) < 4.78 is 18.8. The van der Waals surface area contributed by atoms with E-state index >= 15 is 0 Å². The van der Waals surface area contributed by atoms with Crippen molar-refractivity contribution >= 4 is 22.6 Å². The Bertz CT molecular complexity index is 336. The molecule has 0 saturated heterocycles. The van der Waals surface area contributed by atoms with E-state index in [1.54, 1.807) is 13.2 Å². The monoisotopic (exact) mass is 338 g/mol. The predicted octanol–water partition coefficient (Wildman–Crippen LogP) is 2.36. The molecule has 0 spiro atoms. The third-order valence-electron chi connectivity index (χ3n) is 2.38. The quantitative estimate of drug-likeness (QED) is 0.362. The zero-order valence-corrected chi connectivity index (χ0v) is 11.3. The van der Waals surface area contributed by atoms with Crippen LogP contribution in [0.2, 0.25) is 0 Å². The minimum absolute atomic E-state index is 0.0441. The van der Waals surface area contributed by atoms with Gasteiger partial charge in [-0.1, -0.05) is 6.07 Å². The lowest BCUT2D eigenvalue weighted by atomic mass is 10.0. The Kier molecular flexibility index (Phi) is 6.18. The lowest BCUT2D eigenvalue weighted by molar-refractivity contribution is 0.188. The van der Waals surface area contributed by atoms with E-state index in [4.69, 9.17) is 10.6 Å². The SMILES string of the molecule is COCCCC(NN)c1ccc(F)cc1I. The van der Waals surface area contributed by atoms with Crippen molar-refractivity contribution in [3.63, 3.8) is 0 Å². The summed E-state index contributed by atoms with van der Waals surface area (Å²) in [6, 6.07) is 4.78. The van der Waals surface area contributed by atoms with Crippen LogP contribution in [0.5, 0.6) is 0 Å². The predicted molar refractivity (Wildman–Crippen MR) is 70.3 cm³/mol. The van der Waals surface area contributed by atoms with Crippen molar-refractivity contribution in [1.82, 2.24) is 5.43 Å². The third-order valence-corrected chi connectivity index (χ3v) is 3.31. The topological polar surface area (TPSA) is 47.3 Å². The summed E-state index contributed by atoms with van der Waals surface area (Å²) in [7, 11) is 1.67. The first-order chi connectivity index (χ1) is 7.69. The van der Waals surface area contributed by atoms with Crippen LogP contribution >= 0.6 is 22.6 Å². The molecule has 1 aromatic rings. The van der Waals surface area contributed by atoms with E-state index < -0.39 is 0 Å². The van der Waals surface area contributed by atoms with Gasteiger partial charge in [0.2, 0.25) is 0 Å². The van der Waals surface area contributed by atoms with Crippen molar-refractivity contribution in [3.8, 4) is 0 Å². The highest BCUT2D eigenvalue weighted by atomic mass is 127. The molecule has 3 N–H and O–H groups in total. The smallest absolute Gasteiger partial charge is 0.124 e. The minimum Gasteiger partial charge on any atom is -0.385 e. The lowest BCUT2D eigenvalue weighted by Crippen LogP contribution is -2.28. The van der Waals surface area contributed by atoms with Gasteiger partial charge in [-0.25, -0.2) is 4.39 Å². The van der Waals surface area contributed by atoms with Crippen LogP contribution in [-0.4, -0.2) is 13.7 Å². The first-order valence-electron chi connectivity index (χ1n) is 5.09. The molecule has 0 aliphatic rings. The van der Waals surface area contributed by atoms with Gasteiger partial charge in [0.25, 0.3) is 0 Å². The van der Waals surface area contributed by atoms with Crippen LogP contribution in [0.25, 0.3) is 0 Å². The van der Waals surface area contributed by atoms with E-state index in [2.05, 4.69) is 28.0 Å². The molecule has 0 bridgehead atoms. The number of ether oxygens (including phenoxy) is 1. The Hall–Kier alpha value is -0.240. The average molecular weight is 338 g/mol. The lowest BCUT2D eigenvalue weighted by Gasteiger charge is -2.17. The van der Waals surface area contributed by atoms with Gasteiger partial charge in [0, 0.05) is 23.3 Å². The van der Waals surface area contributed by atoms with E-state index in [9.17, 15) is 4.39 Å². The fraction of sp³-hybridized carbons (Fsp3) is 0.455. The summed E-state index contributed by atoms with van der Waals surface area (Å²) in [6.07, 6.45) is 1.78. The highest BCUT2D eigenvalue weighted by Gasteiger charge is 2.12. The van der Waals surface area contributed by atoms with E-state index in [1.807, 2.05) is 0 Å². The van der Waals surface area contributed by atoms with Gasteiger partial charge in [0.05, 0.1) is 0 Å². The largest absolute Gasteiger partial charge is 0.385 e. The number of nitrogens with two attached hydrogens (primary N) is 1. The van der Waals surface area contributed by atoms with Crippen LogP contribution in [0.4, 0.5) is 4.39 Å². The minimum atomic E-state index is -0.221. The van der Waals surface area contributed by atoms with Crippen molar-refractivity contribution in [2.24, 2.45) is 5.84 Å². The Morgan fingerprint density at radius 3 is 2.88 bits per heavy atom. The third kappa shape index (κ3) is 3.97. The van der Waals surface area contributed by atoms with E-state index in [0.29, 0.717) is 6.61 Å². The van der Waals surface area contributed by atoms with Gasteiger partial charge in [-0.05, 0) is 53.1 Å². The van der Waals surface area contributed by atoms with Crippen molar-refractivity contribution in [2.45, 2.75) is 18.9 Å². The molecule has 0 radical (unpaired) electrons. The fourth-order valence-electron chi connectivity index (χ4n) is 1.54. The summed E-state index contributed by atoms with van der Waals surface area (Å²) in [5.41, 5.74) is 3.78. The van der Waals surface area contributed by atoms with Gasteiger partial charge in [-0.3, -0.25) is 11.3 Å². The number of hydrogen-bond acceptors (Lipinski definition) is 3. The van der Waals surface area contributed by atoms with Gasteiger partial charge in [-0.2, -0.15) is 0 Å². The Balaban J connectivity index is 2.70. The molecule has 1 unspecified atom stereocenters. The van der Waals surface area contributed by atoms with Crippen LogP contribution < -0.4 is 11.3 Å². The van der Waals surface area contributed by atoms with Crippen molar-refractivity contribution < 1.29 is 9.13 Å². The molecule has 0 aromatic heterocycles. The Morgan fingerprint density at radius 1 is 1.56 bits per heavy atom. The van der Waals surface area contributed by atoms with Crippen molar-refractivity contribution in [1.29, 1.82) is 0 Å².